The van der Waals surface area contributed by atoms with Gasteiger partial charge in [-0.3, -0.25) is 13.9 Å². The summed E-state index contributed by atoms with van der Waals surface area (Å²) in [6.45, 7) is 4.70. The Labute approximate surface area is 219 Å². The minimum atomic E-state index is -4.72. The smallest absolute Gasteiger partial charge is 0.336 e. The molecule has 2 aromatic carbocycles. The van der Waals surface area contributed by atoms with Crippen LogP contribution >= 0.6 is 0 Å². The minimum absolute atomic E-state index is 0. The molecule has 0 heterocycles. The van der Waals surface area contributed by atoms with Crippen LogP contribution in [0.15, 0.2) is 46.2 Å². The van der Waals surface area contributed by atoms with Gasteiger partial charge in [0.15, 0.2) is 0 Å². The van der Waals surface area contributed by atoms with Gasteiger partial charge in [0, 0.05) is 24.3 Å². The molecule has 0 aliphatic carbocycles. The number of hydrogen-bond acceptors (Lipinski definition) is 6. The van der Waals surface area contributed by atoms with Crippen molar-refractivity contribution in [2.24, 2.45) is 0 Å². The summed E-state index contributed by atoms with van der Waals surface area (Å²) < 4.78 is 66.4. The summed E-state index contributed by atoms with van der Waals surface area (Å²) in [5.41, 5.74) is 0.197. The van der Waals surface area contributed by atoms with E-state index in [1.54, 1.807) is 13.8 Å². The fourth-order valence-corrected chi connectivity index (χ4v) is 4.18. The van der Waals surface area contributed by atoms with Gasteiger partial charge in [-0.1, -0.05) is 24.3 Å². The van der Waals surface area contributed by atoms with Gasteiger partial charge in [0.05, 0.1) is 0 Å². The number of carbonyl (C=O) groups excluding carboxylic acids is 2. The molecule has 5 N–H and O–H groups in total. The molecule has 34 heavy (non-hydrogen) atoms. The Morgan fingerprint density at radius 1 is 0.824 bits per heavy atom. The van der Waals surface area contributed by atoms with Gasteiger partial charge >= 0.3 is 35.6 Å². The molecule has 0 aliphatic rings. The predicted molar refractivity (Wildman–Crippen MR) is 123 cm³/mol. The Morgan fingerprint density at radius 3 is 1.59 bits per heavy atom. The van der Waals surface area contributed by atoms with E-state index in [1.807, 2.05) is 0 Å². The average molecular weight is 521 g/mol. The summed E-state index contributed by atoms with van der Waals surface area (Å²) in [5, 5.41) is 7.40. The van der Waals surface area contributed by atoms with Gasteiger partial charge in [-0.15, -0.1) is 0 Å². The maximum absolute atomic E-state index is 11.9. The van der Waals surface area contributed by atoms with E-state index in [9.17, 15) is 35.5 Å². The number of rotatable bonds is 7. The number of nitrogens with one attached hydrogen (secondary N) is 3. The Bertz CT molecular complexity index is 1320. The van der Waals surface area contributed by atoms with Crippen molar-refractivity contribution in [2.75, 3.05) is 10.6 Å². The molecule has 0 saturated heterocycles. The van der Waals surface area contributed by atoms with E-state index in [0.717, 1.165) is 12.1 Å². The maximum atomic E-state index is 11.9. The van der Waals surface area contributed by atoms with E-state index >= 15 is 0 Å². The van der Waals surface area contributed by atoms with Crippen LogP contribution in [0.4, 0.5) is 16.2 Å². The van der Waals surface area contributed by atoms with E-state index in [-0.39, 0.29) is 58.1 Å². The predicted octanol–water partition coefficient (Wildman–Crippen LogP) is -0.157. The summed E-state index contributed by atoms with van der Waals surface area (Å²) in [6, 6.07) is 6.71. The summed E-state index contributed by atoms with van der Waals surface area (Å²) in [4.78, 5) is 22.0. The Kier molecular flexibility index (Phi) is 10.4. The van der Waals surface area contributed by atoms with E-state index < -0.39 is 42.0 Å². The molecule has 3 amide bonds. The fraction of sp³-hybridized carbons (Fsp3) is 0.200. The van der Waals surface area contributed by atoms with Gasteiger partial charge in [-0.2, -0.15) is 16.8 Å². The maximum Gasteiger partial charge on any atom is 1.00 e. The van der Waals surface area contributed by atoms with Gasteiger partial charge in [-0.25, -0.2) is 4.79 Å². The van der Waals surface area contributed by atoms with Crippen LogP contribution in [0.5, 0.6) is 0 Å². The van der Waals surface area contributed by atoms with Crippen molar-refractivity contribution in [3.05, 3.63) is 47.5 Å². The number of carbonyl (C=O) groups is 2. The molecule has 0 unspecified atom stereocenters. The van der Waals surface area contributed by atoms with Crippen molar-refractivity contribution in [3.8, 4) is 0 Å². The molecule has 0 bridgehead atoms. The third-order valence-electron chi connectivity index (χ3n) is 4.02. The fourth-order valence-electron chi connectivity index (χ4n) is 2.76. The number of amides is 3. The van der Waals surface area contributed by atoms with Crippen LogP contribution in [0.3, 0.4) is 0 Å². The van der Waals surface area contributed by atoms with E-state index in [4.69, 9.17) is 0 Å². The molecule has 0 aromatic heterocycles. The first kappa shape index (κ1) is 29.8. The second-order valence-electron chi connectivity index (χ2n) is 7.22. The SMILES string of the molecule is CC(=O)Nc1ccc(/C=C/c2ccc(NC(=O)NC(C)C)cc2S(=O)(=O)O)c(S(=O)(=O)O)c1.[Na+]. The average Bonchev–Trinajstić information content (AvgIpc) is 2.65. The van der Waals surface area contributed by atoms with Crippen LogP contribution in [0.25, 0.3) is 12.2 Å². The van der Waals surface area contributed by atoms with Crippen LogP contribution < -0.4 is 45.5 Å². The van der Waals surface area contributed by atoms with Crippen molar-refractivity contribution >= 4 is 55.7 Å². The Morgan fingerprint density at radius 2 is 1.24 bits per heavy atom. The van der Waals surface area contributed by atoms with Crippen molar-refractivity contribution in [2.45, 2.75) is 36.6 Å². The number of urea groups is 1. The first-order chi connectivity index (χ1) is 15.2. The van der Waals surface area contributed by atoms with Crippen molar-refractivity contribution in [1.82, 2.24) is 5.32 Å². The molecule has 178 valence electrons. The molecule has 11 nitrogen and oxygen atoms in total. The topological polar surface area (TPSA) is 179 Å². The third-order valence-corrected chi connectivity index (χ3v) is 5.84. The molecular weight excluding hydrogens is 497 g/mol. The quantitative estimate of drug-likeness (QED) is 0.190. The standard InChI is InChI=1S/C20H23N3O8S2.Na/c1-12(2)21-20(25)23-17-9-7-15(19(11-17)33(29,30)31)5-4-14-6-8-16(22-13(3)24)10-18(14)32(26,27)28;/h4-12H,1-3H3,(H,22,24)(H2,21,23,25)(H,26,27,28)(H,29,30,31);/q;+1/b5-4+;. The van der Waals surface area contributed by atoms with Crippen LogP contribution in [-0.2, 0) is 25.0 Å². The molecule has 2 aromatic rings. The van der Waals surface area contributed by atoms with Crippen LogP contribution in [-0.4, -0.2) is 43.9 Å². The molecule has 14 heteroatoms. The van der Waals surface area contributed by atoms with Gasteiger partial charge in [0.2, 0.25) is 5.91 Å². The zero-order valence-electron chi connectivity index (χ0n) is 18.9. The monoisotopic (exact) mass is 520 g/mol. The van der Waals surface area contributed by atoms with Crippen LogP contribution in [0.1, 0.15) is 31.9 Å². The zero-order valence-corrected chi connectivity index (χ0v) is 22.5. The van der Waals surface area contributed by atoms with Gasteiger partial charge < -0.3 is 16.0 Å². The van der Waals surface area contributed by atoms with Gasteiger partial charge in [-0.05, 0) is 49.2 Å². The minimum Gasteiger partial charge on any atom is -0.336 e. The van der Waals surface area contributed by atoms with Crippen molar-refractivity contribution < 1.29 is 65.1 Å². The molecule has 0 fully saturated rings. The summed E-state index contributed by atoms with van der Waals surface area (Å²) in [7, 11) is -9.41. The van der Waals surface area contributed by atoms with Crippen molar-refractivity contribution in [3.63, 3.8) is 0 Å². The second kappa shape index (κ2) is 11.9. The Balaban J connectivity index is 0.00000578. The van der Waals surface area contributed by atoms with Gasteiger partial charge in [0.25, 0.3) is 20.2 Å². The van der Waals surface area contributed by atoms with E-state index in [0.29, 0.717) is 0 Å². The van der Waals surface area contributed by atoms with Crippen molar-refractivity contribution in [1.29, 1.82) is 0 Å². The molecule has 0 aliphatic heterocycles. The second-order valence-corrected chi connectivity index (χ2v) is 10.0. The molecule has 0 spiro atoms. The van der Waals surface area contributed by atoms with Gasteiger partial charge in [0.1, 0.15) is 9.79 Å². The summed E-state index contributed by atoms with van der Waals surface area (Å²) >= 11 is 0. The third kappa shape index (κ3) is 8.83. The van der Waals surface area contributed by atoms with E-state index in [2.05, 4.69) is 16.0 Å². The molecule has 0 atom stereocenters. The first-order valence-corrected chi connectivity index (χ1v) is 12.3. The Hall–Kier alpha value is -2.26. The molecular formula is C20H23N3NaO8S2+. The summed E-state index contributed by atoms with van der Waals surface area (Å²) in [5.74, 6) is -0.451. The van der Waals surface area contributed by atoms with E-state index in [1.165, 1.54) is 43.3 Å². The van der Waals surface area contributed by atoms with Crippen LogP contribution in [0, 0.1) is 0 Å². The number of anilines is 2. The number of benzene rings is 2. The molecule has 2 rings (SSSR count). The van der Waals surface area contributed by atoms with Crippen LogP contribution in [0.2, 0.25) is 0 Å². The number of hydrogen-bond donors (Lipinski definition) is 5. The zero-order chi connectivity index (χ0) is 25.0. The normalized spacial score (nSPS) is 11.7. The summed E-state index contributed by atoms with van der Waals surface area (Å²) in [6.07, 6.45) is 2.42. The molecule has 0 saturated carbocycles. The largest absolute Gasteiger partial charge is 1.00 e. The molecule has 0 radical (unpaired) electrons. The first-order valence-electron chi connectivity index (χ1n) is 9.43.